The molecule has 10 heteroatoms. The van der Waals surface area contributed by atoms with Gasteiger partial charge in [0.2, 0.25) is 5.89 Å². The number of hydrogen-bond acceptors (Lipinski definition) is 6. The number of alkyl halides is 3. The SMILES string of the molecule is FC(F)(F)c1cccc(NCn2nc(-c3ccc4c(c3)OCCO4)oc2=S)c1. The lowest BCUT2D eigenvalue weighted by molar-refractivity contribution is -0.137. The first-order valence-corrected chi connectivity index (χ1v) is 8.70. The monoisotopic (exact) mass is 409 g/mol. The van der Waals surface area contributed by atoms with E-state index < -0.39 is 11.7 Å². The van der Waals surface area contributed by atoms with E-state index in [2.05, 4.69) is 10.4 Å². The molecule has 0 unspecified atom stereocenters. The number of halogens is 3. The number of nitrogens with one attached hydrogen (secondary N) is 1. The summed E-state index contributed by atoms with van der Waals surface area (Å²) >= 11 is 5.15. The fourth-order valence-corrected chi connectivity index (χ4v) is 2.86. The zero-order valence-electron chi connectivity index (χ0n) is 14.3. The van der Waals surface area contributed by atoms with Gasteiger partial charge in [0.25, 0.3) is 4.84 Å². The van der Waals surface area contributed by atoms with Crippen molar-refractivity contribution in [3.05, 3.63) is 52.9 Å². The summed E-state index contributed by atoms with van der Waals surface area (Å²) < 4.78 is 56.3. The molecule has 0 bridgehead atoms. The molecule has 0 amide bonds. The van der Waals surface area contributed by atoms with Crippen LogP contribution in [-0.4, -0.2) is 23.0 Å². The number of hydrogen-bond donors (Lipinski definition) is 1. The van der Waals surface area contributed by atoms with Gasteiger partial charge >= 0.3 is 6.18 Å². The zero-order chi connectivity index (χ0) is 19.7. The molecule has 28 heavy (non-hydrogen) atoms. The van der Waals surface area contributed by atoms with Crippen molar-refractivity contribution in [2.75, 3.05) is 18.5 Å². The minimum atomic E-state index is -4.41. The fourth-order valence-electron chi connectivity index (χ4n) is 2.67. The molecule has 0 fully saturated rings. The van der Waals surface area contributed by atoms with E-state index >= 15 is 0 Å². The molecule has 1 N–H and O–H groups in total. The second kappa shape index (κ2) is 7.19. The minimum absolute atomic E-state index is 0.0498. The van der Waals surface area contributed by atoms with Crippen LogP contribution in [0.25, 0.3) is 11.5 Å². The number of ether oxygens (including phenoxy) is 2. The first-order valence-electron chi connectivity index (χ1n) is 8.29. The summed E-state index contributed by atoms with van der Waals surface area (Å²) in [4.78, 5) is 0.0874. The summed E-state index contributed by atoms with van der Waals surface area (Å²) in [6.07, 6.45) is -4.41. The molecule has 6 nitrogen and oxygen atoms in total. The quantitative estimate of drug-likeness (QED) is 0.629. The number of fused-ring (bicyclic) bond motifs is 1. The zero-order valence-corrected chi connectivity index (χ0v) is 15.1. The number of aromatic nitrogens is 2. The summed E-state index contributed by atoms with van der Waals surface area (Å²) in [5.74, 6) is 1.49. The Morgan fingerprint density at radius 3 is 2.64 bits per heavy atom. The van der Waals surface area contributed by atoms with Crippen molar-refractivity contribution < 1.29 is 27.1 Å². The van der Waals surface area contributed by atoms with E-state index in [0.29, 0.717) is 36.0 Å². The maximum Gasteiger partial charge on any atom is 0.416 e. The molecule has 0 radical (unpaired) electrons. The van der Waals surface area contributed by atoms with Gasteiger partial charge in [0.15, 0.2) is 11.5 Å². The predicted molar refractivity (Wildman–Crippen MR) is 96.8 cm³/mol. The molecule has 3 aromatic rings. The Morgan fingerprint density at radius 1 is 1.07 bits per heavy atom. The Balaban J connectivity index is 1.52. The van der Waals surface area contributed by atoms with Crippen LogP contribution >= 0.6 is 12.2 Å². The molecule has 0 spiro atoms. The van der Waals surface area contributed by atoms with E-state index in [4.69, 9.17) is 26.1 Å². The molecule has 0 aliphatic carbocycles. The molecular weight excluding hydrogens is 395 g/mol. The second-order valence-electron chi connectivity index (χ2n) is 5.94. The Hall–Kier alpha value is -3.01. The maximum atomic E-state index is 12.8. The van der Waals surface area contributed by atoms with Crippen LogP contribution < -0.4 is 14.8 Å². The van der Waals surface area contributed by atoms with Crippen LogP contribution in [0.3, 0.4) is 0 Å². The van der Waals surface area contributed by atoms with E-state index in [1.54, 1.807) is 18.2 Å². The van der Waals surface area contributed by atoms with Gasteiger partial charge in [-0.25, -0.2) is 4.68 Å². The van der Waals surface area contributed by atoms with Gasteiger partial charge in [-0.15, -0.1) is 5.10 Å². The molecular formula is C18H14F3N3O3S. The van der Waals surface area contributed by atoms with Crippen LogP contribution in [0.1, 0.15) is 5.56 Å². The van der Waals surface area contributed by atoms with Gasteiger partial charge in [-0.1, -0.05) is 6.07 Å². The molecule has 1 aliphatic heterocycles. The van der Waals surface area contributed by atoms with Crippen LogP contribution in [-0.2, 0) is 12.8 Å². The van der Waals surface area contributed by atoms with Gasteiger partial charge in [0.05, 0.1) is 5.56 Å². The summed E-state index contributed by atoms with van der Waals surface area (Å²) in [5, 5.41) is 7.14. The van der Waals surface area contributed by atoms with Crippen LogP contribution in [0, 0.1) is 4.84 Å². The Kier molecular flexibility index (Phi) is 4.71. The minimum Gasteiger partial charge on any atom is -0.486 e. The highest BCUT2D eigenvalue weighted by molar-refractivity contribution is 7.71. The van der Waals surface area contributed by atoms with Gasteiger partial charge < -0.3 is 19.2 Å². The largest absolute Gasteiger partial charge is 0.486 e. The lowest BCUT2D eigenvalue weighted by Crippen LogP contribution is -2.15. The van der Waals surface area contributed by atoms with Crippen molar-refractivity contribution in [2.24, 2.45) is 0 Å². The summed E-state index contributed by atoms with van der Waals surface area (Å²) in [7, 11) is 0. The lowest BCUT2D eigenvalue weighted by Gasteiger charge is -2.18. The third-order valence-electron chi connectivity index (χ3n) is 4.02. The van der Waals surface area contributed by atoms with Crippen molar-refractivity contribution in [2.45, 2.75) is 12.8 Å². The maximum absolute atomic E-state index is 12.8. The standard InChI is InChI=1S/C18H14F3N3O3S/c19-18(20,21)12-2-1-3-13(9-12)22-10-24-17(28)27-16(23-24)11-4-5-14-15(8-11)26-7-6-25-14/h1-5,8-9,22H,6-7,10H2. The summed E-state index contributed by atoms with van der Waals surface area (Å²) in [6.45, 7) is 0.992. The highest BCUT2D eigenvalue weighted by atomic mass is 32.1. The molecule has 1 aliphatic rings. The number of anilines is 1. The van der Waals surface area contributed by atoms with Crippen LogP contribution in [0.15, 0.2) is 46.9 Å². The highest BCUT2D eigenvalue weighted by Crippen LogP contribution is 2.34. The third kappa shape index (κ3) is 3.81. The van der Waals surface area contributed by atoms with Crippen LogP contribution in [0.5, 0.6) is 11.5 Å². The summed E-state index contributed by atoms with van der Waals surface area (Å²) in [5.41, 5.74) is 0.201. The van der Waals surface area contributed by atoms with Crippen molar-refractivity contribution in [1.82, 2.24) is 9.78 Å². The Labute approximate surface area is 162 Å². The normalized spacial score (nSPS) is 13.4. The predicted octanol–water partition coefficient (Wildman–Crippen LogP) is 4.73. The molecule has 4 rings (SSSR count). The lowest BCUT2D eigenvalue weighted by atomic mass is 10.2. The third-order valence-corrected chi connectivity index (χ3v) is 4.31. The van der Waals surface area contributed by atoms with Gasteiger partial charge in [0, 0.05) is 11.3 Å². The molecule has 2 heterocycles. The van der Waals surface area contributed by atoms with Crippen molar-refractivity contribution in [3.8, 4) is 23.0 Å². The molecule has 0 atom stereocenters. The molecule has 2 aromatic carbocycles. The van der Waals surface area contributed by atoms with Crippen molar-refractivity contribution >= 4 is 17.9 Å². The second-order valence-corrected chi connectivity index (χ2v) is 6.29. The van der Waals surface area contributed by atoms with Gasteiger partial charge in [-0.2, -0.15) is 13.2 Å². The van der Waals surface area contributed by atoms with E-state index in [1.165, 1.54) is 16.8 Å². The summed E-state index contributed by atoms with van der Waals surface area (Å²) in [6, 6.07) is 10.1. The number of nitrogens with zero attached hydrogens (tertiary/aromatic N) is 2. The first kappa shape index (κ1) is 18.4. The fraction of sp³-hybridized carbons (Fsp3) is 0.222. The van der Waals surface area contributed by atoms with E-state index in [1.807, 2.05) is 0 Å². The topological polar surface area (TPSA) is 61.5 Å². The van der Waals surface area contributed by atoms with Crippen LogP contribution in [0.4, 0.5) is 18.9 Å². The van der Waals surface area contributed by atoms with Crippen molar-refractivity contribution in [3.63, 3.8) is 0 Å². The average molecular weight is 409 g/mol. The number of benzene rings is 2. The smallest absolute Gasteiger partial charge is 0.416 e. The Morgan fingerprint density at radius 2 is 1.86 bits per heavy atom. The molecule has 0 saturated heterocycles. The molecule has 0 saturated carbocycles. The van der Waals surface area contributed by atoms with E-state index in [9.17, 15) is 13.2 Å². The van der Waals surface area contributed by atoms with Gasteiger partial charge in [-0.3, -0.25) is 0 Å². The van der Waals surface area contributed by atoms with Gasteiger partial charge in [0.1, 0.15) is 19.9 Å². The van der Waals surface area contributed by atoms with Crippen molar-refractivity contribution in [1.29, 1.82) is 0 Å². The van der Waals surface area contributed by atoms with E-state index in [0.717, 1.165) is 12.1 Å². The van der Waals surface area contributed by atoms with Crippen LogP contribution in [0.2, 0.25) is 0 Å². The first-order chi connectivity index (χ1) is 13.4. The number of rotatable bonds is 4. The van der Waals surface area contributed by atoms with Gasteiger partial charge in [-0.05, 0) is 48.6 Å². The highest BCUT2D eigenvalue weighted by Gasteiger charge is 2.30. The molecule has 146 valence electrons. The Bertz CT molecular complexity index is 1060. The average Bonchev–Trinajstić information content (AvgIpc) is 3.06. The van der Waals surface area contributed by atoms with E-state index in [-0.39, 0.29) is 17.4 Å². The molecule has 1 aromatic heterocycles.